The highest BCUT2D eigenvalue weighted by molar-refractivity contribution is 6.03. The molecule has 0 aliphatic heterocycles. The number of hydrogen-bond acceptors (Lipinski definition) is 4. The fourth-order valence-electron chi connectivity index (χ4n) is 1.29. The molecule has 17 heavy (non-hydrogen) atoms. The maximum atomic E-state index is 11.8. The predicted molar refractivity (Wildman–Crippen MR) is 62.1 cm³/mol. The van der Waals surface area contributed by atoms with Gasteiger partial charge in [-0.05, 0) is 13.0 Å². The fourth-order valence-corrected chi connectivity index (χ4v) is 1.29. The van der Waals surface area contributed by atoms with Gasteiger partial charge in [-0.3, -0.25) is 9.89 Å². The number of aromatic amines is 1. The number of carbonyl (C=O) groups is 1. The van der Waals surface area contributed by atoms with E-state index in [0.29, 0.717) is 17.3 Å². The molecule has 6 heteroatoms. The van der Waals surface area contributed by atoms with Crippen LogP contribution in [0, 0.1) is 6.92 Å². The third-order valence-corrected chi connectivity index (χ3v) is 2.28. The number of anilines is 1. The molecule has 0 spiro atoms. The van der Waals surface area contributed by atoms with E-state index in [2.05, 4.69) is 20.5 Å². The summed E-state index contributed by atoms with van der Waals surface area (Å²) in [7, 11) is 1.52. The molecule has 0 radical (unpaired) electrons. The maximum absolute atomic E-state index is 11.8. The van der Waals surface area contributed by atoms with Crippen molar-refractivity contribution in [3.05, 3.63) is 35.7 Å². The van der Waals surface area contributed by atoms with Crippen LogP contribution >= 0.6 is 0 Å². The number of nitrogens with one attached hydrogen (secondary N) is 2. The number of amides is 1. The molecular formula is C11H12N4O2. The normalized spacial score (nSPS) is 10.0. The SMILES string of the molecule is COc1ccc(C(=O)Nc2[nH]ncc2C)cn1. The van der Waals surface area contributed by atoms with Gasteiger partial charge in [0.2, 0.25) is 5.88 Å². The molecule has 0 aliphatic rings. The smallest absolute Gasteiger partial charge is 0.258 e. The van der Waals surface area contributed by atoms with Crippen LogP contribution in [0.4, 0.5) is 5.82 Å². The van der Waals surface area contributed by atoms with Crippen LogP contribution in [0.2, 0.25) is 0 Å². The second-order valence-electron chi connectivity index (χ2n) is 3.47. The minimum Gasteiger partial charge on any atom is -0.481 e. The Labute approximate surface area is 98.0 Å². The number of rotatable bonds is 3. The summed E-state index contributed by atoms with van der Waals surface area (Å²) in [6.45, 7) is 1.85. The lowest BCUT2D eigenvalue weighted by molar-refractivity contribution is 0.102. The van der Waals surface area contributed by atoms with Gasteiger partial charge in [0.05, 0.1) is 18.9 Å². The monoisotopic (exact) mass is 232 g/mol. The van der Waals surface area contributed by atoms with E-state index in [-0.39, 0.29) is 5.91 Å². The van der Waals surface area contributed by atoms with Crippen molar-refractivity contribution in [1.82, 2.24) is 15.2 Å². The van der Waals surface area contributed by atoms with Crippen LogP contribution in [-0.4, -0.2) is 28.2 Å². The van der Waals surface area contributed by atoms with Crippen LogP contribution in [-0.2, 0) is 0 Å². The van der Waals surface area contributed by atoms with Gasteiger partial charge >= 0.3 is 0 Å². The van der Waals surface area contributed by atoms with Gasteiger partial charge in [-0.25, -0.2) is 4.98 Å². The van der Waals surface area contributed by atoms with Crippen LogP contribution in [0.25, 0.3) is 0 Å². The standard InChI is InChI=1S/C11H12N4O2/c1-7-5-13-15-10(7)14-11(16)8-3-4-9(17-2)12-6-8/h3-6H,1-2H3,(H2,13,14,15,16). The molecule has 2 N–H and O–H groups in total. The second kappa shape index (κ2) is 4.65. The largest absolute Gasteiger partial charge is 0.481 e. The van der Waals surface area contributed by atoms with Crippen LogP contribution < -0.4 is 10.1 Å². The van der Waals surface area contributed by atoms with E-state index in [1.54, 1.807) is 18.3 Å². The van der Waals surface area contributed by atoms with Crippen LogP contribution in [0.3, 0.4) is 0 Å². The third-order valence-electron chi connectivity index (χ3n) is 2.28. The Kier molecular flexibility index (Phi) is 3.04. The van der Waals surface area contributed by atoms with Gasteiger partial charge in [0, 0.05) is 17.8 Å². The lowest BCUT2D eigenvalue weighted by atomic mass is 10.2. The van der Waals surface area contributed by atoms with Gasteiger partial charge in [0.1, 0.15) is 5.82 Å². The summed E-state index contributed by atoms with van der Waals surface area (Å²) in [5, 5.41) is 9.23. The highest BCUT2D eigenvalue weighted by Gasteiger charge is 2.09. The van der Waals surface area contributed by atoms with Crippen molar-refractivity contribution in [2.24, 2.45) is 0 Å². The molecule has 88 valence electrons. The summed E-state index contributed by atoms with van der Waals surface area (Å²) in [5.74, 6) is 0.817. The Hall–Kier alpha value is -2.37. The average Bonchev–Trinajstić information content (AvgIpc) is 2.75. The molecule has 0 fully saturated rings. The van der Waals surface area contributed by atoms with Crippen molar-refractivity contribution in [3.8, 4) is 5.88 Å². The summed E-state index contributed by atoms with van der Waals surface area (Å²) in [6.07, 6.45) is 3.10. The molecule has 0 aliphatic carbocycles. The molecule has 0 saturated heterocycles. The highest BCUT2D eigenvalue weighted by atomic mass is 16.5. The lowest BCUT2D eigenvalue weighted by Crippen LogP contribution is -2.13. The zero-order chi connectivity index (χ0) is 12.3. The zero-order valence-corrected chi connectivity index (χ0v) is 9.52. The van der Waals surface area contributed by atoms with Gasteiger partial charge < -0.3 is 10.1 Å². The molecule has 0 atom stereocenters. The number of nitrogens with zero attached hydrogens (tertiary/aromatic N) is 2. The topological polar surface area (TPSA) is 79.9 Å². The van der Waals surface area contributed by atoms with Gasteiger partial charge in [0.25, 0.3) is 5.91 Å². The predicted octanol–water partition coefficient (Wildman–Crippen LogP) is 1.37. The van der Waals surface area contributed by atoms with E-state index < -0.39 is 0 Å². The summed E-state index contributed by atoms with van der Waals surface area (Å²) in [6, 6.07) is 3.28. The van der Waals surface area contributed by atoms with Crippen molar-refractivity contribution in [1.29, 1.82) is 0 Å². The zero-order valence-electron chi connectivity index (χ0n) is 9.52. The van der Waals surface area contributed by atoms with Crippen LogP contribution in [0.1, 0.15) is 15.9 Å². The van der Waals surface area contributed by atoms with Crippen molar-refractivity contribution < 1.29 is 9.53 Å². The average molecular weight is 232 g/mol. The first-order valence-electron chi connectivity index (χ1n) is 5.02. The van der Waals surface area contributed by atoms with Gasteiger partial charge in [-0.15, -0.1) is 0 Å². The number of carbonyl (C=O) groups excluding carboxylic acids is 1. The van der Waals surface area contributed by atoms with Crippen molar-refractivity contribution in [3.63, 3.8) is 0 Å². The minimum atomic E-state index is -0.243. The summed E-state index contributed by atoms with van der Waals surface area (Å²) < 4.78 is 4.91. The molecule has 0 saturated carbocycles. The van der Waals surface area contributed by atoms with Crippen molar-refractivity contribution in [2.45, 2.75) is 6.92 Å². The number of ether oxygens (including phenoxy) is 1. The Bertz CT molecular complexity index is 519. The van der Waals surface area contributed by atoms with Gasteiger partial charge in [-0.1, -0.05) is 0 Å². The van der Waals surface area contributed by atoms with E-state index in [9.17, 15) is 4.79 Å². The van der Waals surface area contributed by atoms with Crippen LogP contribution in [0.15, 0.2) is 24.5 Å². The number of aryl methyl sites for hydroxylation is 1. The molecule has 2 rings (SSSR count). The number of aromatic nitrogens is 3. The van der Waals surface area contributed by atoms with Crippen molar-refractivity contribution in [2.75, 3.05) is 12.4 Å². The first-order valence-corrected chi connectivity index (χ1v) is 5.02. The fraction of sp³-hybridized carbons (Fsp3) is 0.182. The van der Waals surface area contributed by atoms with Gasteiger partial charge in [-0.2, -0.15) is 5.10 Å². The number of hydrogen-bond donors (Lipinski definition) is 2. The van der Waals surface area contributed by atoms with E-state index in [1.165, 1.54) is 13.3 Å². The lowest BCUT2D eigenvalue weighted by Gasteiger charge is -2.04. The summed E-state index contributed by atoms with van der Waals surface area (Å²) in [4.78, 5) is 15.8. The molecule has 0 bridgehead atoms. The van der Waals surface area contributed by atoms with Crippen molar-refractivity contribution >= 4 is 11.7 Å². The Morgan fingerprint density at radius 2 is 2.24 bits per heavy atom. The van der Waals surface area contributed by atoms with E-state index in [4.69, 9.17) is 4.74 Å². The quantitative estimate of drug-likeness (QED) is 0.837. The molecule has 2 heterocycles. The Balaban J connectivity index is 2.12. The molecule has 2 aromatic heterocycles. The highest BCUT2D eigenvalue weighted by Crippen LogP contribution is 2.12. The molecule has 0 aromatic carbocycles. The molecular weight excluding hydrogens is 220 g/mol. The first-order chi connectivity index (χ1) is 8.20. The molecule has 0 unspecified atom stereocenters. The maximum Gasteiger partial charge on any atom is 0.258 e. The number of pyridine rings is 1. The second-order valence-corrected chi connectivity index (χ2v) is 3.47. The van der Waals surface area contributed by atoms with Crippen LogP contribution in [0.5, 0.6) is 5.88 Å². The number of H-pyrrole nitrogens is 1. The molecule has 1 amide bonds. The summed E-state index contributed by atoms with van der Waals surface area (Å²) >= 11 is 0. The summed E-state index contributed by atoms with van der Waals surface area (Å²) in [5.41, 5.74) is 1.33. The Morgan fingerprint density at radius 1 is 1.41 bits per heavy atom. The minimum absolute atomic E-state index is 0.243. The third kappa shape index (κ3) is 2.41. The molecule has 6 nitrogen and oxygen atoms in total. The van der Waals surface area contributed by atoms with E-state index >= 15 is 0 Å². The Morgan fingerprint density at radius 3 is 2.76 bits per heavy atom. The van der Waals surface area contributed by atoms with Gasteiger partial charge in [0.15, 0.2) is 0 Å². The van der Waals surface area contributed by atoms with E-state index in [1.807, 2.05) is 6.92 Å². The number of methoxy groups -OCH3 is 1. The first kappa shape index (κ1) is 11.1. The molecule has 2 aromatic rings. The van der Waals surface area contributed by atoms with E-state index in [0.717, 1.165) is 5.56 Å².